The molecule has 2 N–H and O–H groups in total. The molecule has 0 bridgehead atoms. The van der Waals surface area contributed by atoms with Crippen molar-refractivity contribution >= 4 is 6.09 Å². The molecule has 1 unspecified atom stereocenters. The molecule has 0 spiro atoms. The molecule has 5 aliphatic rings. The van der Waals surface area contributed by atoms with E-state index in [0.29, 0.717) is 43.4 Å². The van der Waals surface area contributed by atoms with Gasteiger partial charge in [0.05, 0.1) is 31.1 Å². The number of hydrogen-bond acceptors (Lipinski definition) is 5. The SMILES string of the molecule is C[C@]12CC[C@H](C3CN(C(=O)O)CCO3)C[C@H]1CC[C@@H]1[C@@H]2CC[C@]2(C)[C@@H](c3ccc(=O)oc3)CC[C@]12O. The number of hydrogen-bond donors (Lipinski definition) is 2. The number of rotatable bonds is 2. The van der Waals surface area contributed by atoms with Gasteiger partial charge in [-0.3, -0.25) is 0 Å². The Morgan fingerprint density at radius 2 is 1.89 bits per heavy atom. The van der Waals surface area contributed by atoms with Crippen molar-refractivity contribution in [2.45, 2.75) is 89.3 Å². The van der Waals surface area contributed by atoms with E-state index in [-0.39, 0.29) is 28.5 Å². The maximum Gasteiger partial charge on any atom is 0.407 e. The summed E-state index contributed by atoms with van der Waals surface area (Å²) in [6.45, 7) is 6.23. The van der Waals surface area contributed by atoms with E-state index < -0.39 is 11.7 Å². The number of morpholine rings is 1. The summed E-state index contributed by atoms with van der Waals surface area (Å²) in [5.41, 5.74) is 0.0579. The molecule has 198 valence electrons. The highest BCUT2D eigenvalue weighted by molar-refractivity contribution is 5.65. The molecule has 2 heterocycles. The fourth-order valence-electron chi connectivity index (χ4n) is 9.83. The second-order valence-electron chi connectivity index (χ2n) is 13.0. The summed E-state index contributed by atoms with van der Waals surface area (Å²) in [7, 11) is 0. The molecule has 7 heteroatoms. The van der Waals surface area contributed by atoms with Crippen molar-refractivity contribution in [3.05, 3.63) is 34.4 Å². The fourth-order valence-corrected chi connectivity index (χ4v) is 9.83. The average molecular weight is 500 g/mol. The van der Waals surface area contributed by atoms with Gasteiger partial charge in [-0.2, -0.15) is 0 Å². The van der Waals surface area contributed by atoms with Crippen LogP contribution >= 0.6 is 0 Å². The van der Waals surface area contributed by atoms with Crippen molar-refractivity contribution in [3.8, 4) is 0 Å². The number of amides is 1. The summed E-state index contributed by atoms with van der Waals surface area (Å²) in [6, 6.07) is 3.41. The smallest absolute Gasteiger partial charge is 0.407 e. The van der Waals surface area contributed by atoms with Crippen LogP contribution in [0.15, 0.2) is 27.6 Å². The van der Waals surface area contributed by atoms with E-state index in [1.807, 2.05) is 6.07 Å². The predicted molar refractivity (Wildman–Crippen MR) is 134 cm³/mol. The van der Waals surface area contributed by atoms with Crippen molar-refractivity contribution in [2.24, 2.45) is 34.5 Å². The maximum atomic E-state index is 12.4. The van der Waals surface area contributed by atoms with Crippen LogP contribution in [0, 0.1) is 34.5 Å². The molecular weight excluding hydrogens is 458 g/mol. The monoisotopic (exact) mass is 499 g/mol. The molecule has 7 nitrogen and oxygen atoms in total. The molecule has 0 radical (unpaired) electrons. The average Bonchev–Trinajstić information content (AvgIpc) is 3.15. The van der Waals surface area contributed by atoms with Gasteiger partial charge in [0.2, 0.25) is 0 Å². The van der Waals surface area contributed by atoms with Crippen LogP contribution in [0.25, 0.3) is 0 Å². The van der Waals surface area contributed by atoms with Crippen LogP contribution < -0.4 is 5.63 Å². The largest absolute Gasteiger partial charge is 0.465 e. The number of carbonyl (C=O) groups is 1. The normalized spacial score (nSPS) is 46.5. The van der Waals surface area contributed by atoms with E-state index in [9.17, 15) is 19.8 Å². The Morgan fingerprint density at radius 1 is 1.06 bits per heavy atom. The summed E-state index contributed by atoms with van der Waals surface area (Å²) < 4.78 is 11.3. The Balaban J connectivity index is 1.20. The third-order valence-corrected chi connectivity index (χ3v) is 11.9. The first-order valence-electron chi connectivity index (χ1n) is 14.1. The number of carboxylic acid groups (broad SMARTS) is 1. The minimum Gasteiger partial charge on any atom is -0.465 e. The van der Waals surface area contributed by atoms with Gasteiger partial charge in [-0.15, -0.1) is 0 Å². The van der Waals surface area contributed by atoms with Crippen LogP contribution in [0.4, 0.5) is 4.79 Å². The lowest BCUT2D eigenvalue weighted by atomic mass is 9.42. The lowest BCUT2D eigenvalue weighted by Crippen LogP contribution is -2.62. The first kappa shape index (κ1) is 24.5. The Morgan fingerprint density at radius 3 is 2.64 bits per heavy atom. The third-order valence-electron chi connectivity index (χ3n) is 11.9. The van der Waals surface area contributed by atoms with Crippen LogP contribution in [0.1, 0.15) is 83.1 Å². The van der Waals surface area contributed by atoms with Crippen molar-refractivity contribution in [1.82, 2.24) is 4.90 Å². The zero-order valence-electron chi connectivity index (χ0n) is 21.7. The quantitative estimate of drug-likeness (QED) is 0.602. The molecule has 1 aromatic rings. The Labute approximate surface area is 213 Å². The standard InChI is InChI=1S/C29H41NO6/c1-27-10-7-18(24-16-30(26(32)33)13-14-35-24)15-20(27)4-5-23-22(27)8-11-28(2)21(9-12-29(23,28)34)19-3-6-25(31)36-17-19/h3,6,17-18,20-24,34H,4-5,7-16H2,1-2H3,(H,32,33)/t18-,20+,21+,22-,23+,24?,27-,28+,29-/m0/s1. The molecule has 1 saturated heterocycles. The summed E-state index contributed by atoms with van der Waals surface area (Å²) in [6.07, 6.45) is 10.2. The Hall–Kier alpha value is -1.86. The molecule has 0 aromatic carbocycles. The first-order valence-corrected chi connectivity index (χ1v) is 14.1. The Bertz CT molecular complexity index is 1050. The van der Waals surface area contributed by atoms with Crippen molar-refractivity contribution in [2.75, 3.05) is 19.7 Å². The molecule has 1 aliphatic heterocycles. The third kappa shape index (κ3) is 3.52. The Kier molecular flexibility index (Phi) is 5.84. The van der Waals surface area contributed by atoms with Crippen LogP contribution in [-0.4, -0.2) is 52.6 Å². The van der Waals surface area contributed by atoms with E-state index in [1.54, 1.807) is 6.26 Å². The minimum absolute atomic E-state index is 0.0115. The summed E-state index contributed by atoms with van der Waals surface area (Å²) in [4.78, 5) is 24.6. The summed E-state index contributed by atoms with van der Waals surface area (Å²) in [5.74, 6) is 2.07. The summed E-state index contributed by atoms with van der Waals surface area (Å²) in [5, 5.41) is 21.9. The first-order chi connectivity index (χ1) is 17.2. The predicted octanol–water partition coefficient (Wildman–Crippen LogP) is 4.88. The van der Waals surface area contributed by atoms with Crippen molar-refractivity contribution < 1.29 is 24.2 Å². The highest BCUT2D eigenvalue weighted by atomic mass is 16.5. The molecule has 1 aromatic heterocycles. The fraction of sp³-hybridized carbons (Fsp3) is 0.793. The molecule has 36 heavy (non-hydrogen) atoms. The zero-order chi connectivity index (χ0) is 25.3. The minimum atomic E-state index is -0.838. The topological polar surface area (TPSA) is 100 Å². The van der Waals surface area contributed by atoms with Crippen LogP contribution in [0.3, 0.4) is 0 Å². The van der Waals surface area contributed by atoms with Gasteiger partial charge in [0.25, 0.3) is 0 Å². The van der Waals surface area contributed by atoms with Gasteiger partial charge in [-0.1, -0.05) is 13.8 Å². The van der Waals surface area contributed by atoms with Gasteiger partial charge >= 0.3 is 11.7 Å². The van der Waals surface area contributed by atoms with Crippen LogP contribution in [0.2, 0.25) is 0 Å². The van der Waals surface area contributed by atoms with E-state index in [1.165, 1.54) is 11.0 Å². The zero-order valence-corrected chi connectivity index (χ0v) is 21.7. The second kappa shape index (κ2) is 8.59. The number of nitrogens with zero attached hydrogens (tertiary/aromatic N) is 1. The molecule has 5 fully saturated rings. The van der Waals surface area contributed by atoms with E-state index in [0.717, 1.165) is 63.4 Å². The maximum absolute atomic E-state index is 12.4. The van der Waals surface area contributed by atoms with Crippen molar-refractivity contribution in [1.29, 1.82) is 0 Å². The molecule has 6 rings (SSSR count). The molecule has 1 amide bonds. The van der Waals surface area contributed by atoms with Crippen LogP contribution in [-0.2, 0) is 4.74 Å². The van der Waals surface area contributed by atoms with E-state index in [4.69, 9.17) is 9.15 Å². The lowest BCUT2D eigenvalue weighted by molar-refractivity contribution is -0.206. The van der Waals surface area contributed by atoms with Crippen LogP contribution in [0.5, 0.6) is 0 Å². The van der Waals surface area contributed by atoms with E-state index >= 15 is 0 Å². The molecular formula is C29H41NO6. The number of fused-ring (bicyclic) bond motifs is 5. The highest BCUT2D eigenvalue weighted by Gasteiger charge is 2.67. The highest BCUT2D eigenvalue weighted by Crippen LogP contribution is 2.70. The molecule has 4 aliphatic carbocycles. The van der Waals surface area contributed by atoms with Gasteiger partial charge in [0.15, 0.2) is 0 Å². The number of ether oxygens (including phenoxy) is 1. The second-order valence-corrected chi connectivity index (χ2v) is 13.0. The number of aliphatic hydroxyl groups is 1. The van der Waals surface area contributed by atoms with Gasteiger partial charge in [-0.05, 0) is 104 Å². The van der Waals surface area contributed by atoms with Gasteiger partial charge in [-0.25, -0.2) is 9.59 Å². The lowest BCUT2D eigenvalue weighted by Gasteiger charge is -2.64. The van der Waals surface area contributed by atoms with Gasteiger partial charge < -0.3 is 24.3 Å². The van der Waals surface area contributed by atoms with Gasteiger partial charge in [0.1, 0.15) is 0 Å². The van der Waals surface area contributed by atoms with E-state index in [2.05, 4.69) is 13.8 Å². The molecule has 9 atom stereocenters. The summed E-state index contributed by atoms with van der Waals surface area (Å²) >= 11 is 0. The van der Waals surface area contributed by atoms with Crippen molar-refractivity contribution in [3.63, 3.8) is 0 Å². The molecule has 4 saturated carbocycles. The van der Waals surface area contributed by atoms with Gasteiger partial charge in [0, 0.05) is 18.0 Å².